The summed E-state index contributed by atoms with van der Waals surface area (Å²) in [6.45, 7) is 1.86. The van der Waals surface area contributed by atoms with E-state index in [1.807, 2.05) is 6.92 Å². The van der Waals surface area contributed by atoms with Crippen LogP contribution in [0.5, 0.6) is 0 Å². The van der Waals surface area contributed by atoms with Gasteiger partial charge in [0.05, 0.1) is 11.1 Å². The van der Waals surface area contributed by atoms with Gasteiger partial charge < -0.3 is 4.74 Å². The standard InChI is InChI=1S/C16H25INO3/c1-12(17)14(19)21-13-10-15(6-2-3-7-15)18(20)16(11-13)8-4-5-9-16/h12-13H,2-11H2,1H3. The predicted octanol–water partition coefficient (Wildman–Crippen LogP) is 3.79. The van der Waals surface area contributed by atoms with Crippen LogP contribution in [0, 0.1) is 0 Å². The van der Waals surface area contributed by atoms with Gasteiger partial charge in [0.15, 0.2) is 0 Å². The van der Waals surface area contributed by atoms with E-state index in [9.17, 15) is 10.0 Å². The van der Waals surface area contributed by atoms with Gasteiger partial charge in [-0.05, 0) is 32.6 Å². The highest BCUT2D eigenvalue weighted by Gasteiger charge is 2.57. The lowest BCUT2D eigenvalue weighted by atomic mass is 9.74. The minimum absolute atomic E-state index is 0.0592. The lowest BCUT2D eigenvalue weighted by Gasteiger charge is -2.52. The highest BCUT2D eigenvalue weighted by molar-refractivity contribution is 14.1. The molecule has 3 aliphatic rings. The highest BCUT2D eigenvalue weighted by Crippen LogP contribution is 2.52. The number of halogens is 1. The van der Waals surface area contributed by atoms with E-state index in [1.165, 1.54) is 5.06 Å². The summed E-state index contributed by atoms with van der Waals surface area (Å²) in [5.41, 5.74) is -0.496. The van der Waals surface area contributed by atoms with Crippen molar-refractivity contribution in [2.75, 3.05) is 0 Å². The highest BCUT2D eigenvalue weighted by atomic mass is 127. The monoisotopic (exact) mass is 406 g/mol. The Morgan fingerprint density at radius 2 is 1.52 bits per heavy atom. The Hall–Kier alpha value is 0.120. The summed E-state index contributed by atoms with van der Waals surface area (Å²) >= 11 is 2.10. The Morgan fingerprint density at radius 1 is 1.10 bits per heavy atom. The molecular formula is C16H25INO3. The van der Waals surface area contributed by atoms with Crippen LogP contribution >= 0.6 is 22.6 Å². The fourth-order valence-corrected chi connectivity index (χ4v) is 4.96. The van der Waals surface area contributed by atoms with E-state index >= 15 is 0 Å². The normalized spacial score (nSPS) is 32.6. The molecule has 2 saturated carbocycles. The zero-order valence-electron chi connectivity index (χ0n) is 12.8. The number of piperidine rings is 1. The third kappa shape index (κ3) is 2.85. The molecule has 119 valence electrons. The largest absolute Gasteiger partial charge is 0.461 e. The number of carbonyl (C=O) groups excluding carboxylic acids is 1. The van der Waals surface area contributed by atoms with E-state index in [0.29, 0.717) is 0 Å². The molecule has 5 heteroatoms. The summed E-state index contributed by atoms with van der Waals surface area (Å²) in [6, 6.07) is 0. The van der Waals surface area contributed by atoms with Gasteiger partial charge in [0, 0.05) is 12.8 Å². The second kappa shape index (κ2) is 5.96. The van der Waals surface area contributed by atoms with Gasteiger partial charge in [-0.15, -0.1) is 10.3 Å². The van der Waals surface area contributed by atoms with Gasteiger partial charge >= 0.3 is 5.97 Å². The van der Waals surface area contributed by atoms with Crippen molar-refractivity contribution in [2.24, 2.45) is 0 Å². The van der Waals surface area contributed by atoms with Gasteiger partial charge in [-0.2, -0.15) is 0 Å². The van der Waals surface area contributed by atoms with Gasteiger partial charge in [0.2, 0.25) is 0 Å². The molecule has 0 aromatic carbocycles. The molecule has 4 nitrogen and oxygen atoms in total. The smallest absolute Gasteiger partial charge is 0.318 e. The number of alkyl halides is 1. The predicted molar refractivity (Wildman–Crippen MR) is 87.5 cm³/mol. The molecule has 0 bridgehead atoms. The van der Waals surface area contributed by atoms with E-state index in [4.69, 9.17) is 4.74 Å². The molecule has 2 aliphatic carbocycles. The Morgan fingerprint density at radius 3 is 1.90 bits per heavy atom. The number of esters is 1. The topological polar surface area (TPSA) is 49.4 Å². The zero-order valence-corrected chi connectivity index (χ0v) is 14.9. The van der Waals surface area contributed by atoms with E-state index < -0.39 is 0 Å². The van der Waals surface area contributed by atoms with Crippen LogP contribution in [0.3, 0.4) is 0 Å². The second-order valence-corrected chi connectivity index (χ2v) is 9.11. The number of carbonyl (C=O) groups is 1. The summed E-state index contributed by atoms with van der Waals surface area (Å²) in [5.74, 6) is -0.124. The molecule has 1 aliphatic heterocycles. The molecule has 3 fully saturated rings. The molecule has 1 unspecified atom stereocenters. The Kier molecular flexibility index (Phi) is 4.54. The molecule has 2 spiro atoms. The van der Waals surface area contributed by atoms with Crippen LogP contribution in [0.15, 0.2) is 0 Å². The van der Waals surface area contributed by atoms with Crippen LogP contribution in [0.1, 0.15) is 71.1 Å². The zero-order chi connectivity index (χ0) is 15.1. The number of ether oxygens (including phenoxy) is 1. The van der Waals surface area contributed by atoms with E-state index in [2.05, 4.69) is 22.6 Å². The summed E-state index contributed by atoms with van der Waals surface area (Å²) in [6.07, 6.45) is 9.89. The van der Waals surface area contributed by atoms with Crippen LogP contribution in [-0.2, 0) is 14.7 Å². The van der Waals surface area contributed by atoms with Crippen LogP contribution in [0.4, 0.5) is 0 Å². The average molecular weight is 406 g/mol. The SMILES string of the molecule is CC(I)C(=O)OC1CC2(CCCC2)N([O])C2(CCCC2)C1. The number of rotatable bonds is 2. The van der Waals surface area contributed by atoms with Crippen molar-refractivity contribution in [1.29, 1.82) is 0 Å². The molecule has 21 heavy (non-hydrogen) atoms. The first-order valence-corrected chi connectivity index (χ1v) is 9.54. The number of nitrogens with zero attached hydrogens (tertiary/aromatic N) is 1. The van der Waals surface area contributed by atoms with Crippen molar-refractivity contribution >= 4 is 28.6 Å². The molecule has 0 amide bonds. The van der Waals surface area contributed by atoms with Gasteiger partial charge in [-0.3, -0.25) is 4.79 Å². The lowest BCUT2D eigenvalue weighted by Crippen LogP contribution is -2.63. The Balaban J connectivity index is 1.81. The third-order valence-corrected chi connectivity index (χ3v) is 6.26. The fraction of sp³-hybridized carbons (Fsp3) is 0.938. The van der Waals surface area contributed by atoms with Crippen LogP contribution in [0.2, 0.25) is 0 Å². The van der Waals surface area contributed by atoms with Crippen molar-refractivity contribution in [1.82, 2.24) is 5.06 Å². The van der Waals surface area contributed by atoms with E-state index in [0.717, 1.165) is 64.2 Å². The minimum atomic E-state index is -0.248. The first-order chi connectivity index (χ1) is 9.97. The van der Waals surface area contributed by atoms with Crippen LogP contribution in [0.25, 0.3) is 0 Å². The first kappa shape index (κ1) is 16.0. The number of hydroxylamine groups is 2. The summed E-state index contributed by atoms with van der Waals surface area (Å²) in [5, 5.41) is 14.6. The molecule has 0 aromatic heterocycles. The molecule has 1 saturated heterocycles. The molecule has 1 atom stereocenters. The summed E-state index contributed by atoms with van der Waals surface area (Å²) < 4.78 is 5.64. The maximum atomic E-state index is 13.1. The van der Waals surface area contributed by atoms with E-state index in [-0.39, 0.29) is 27.1 Å². The van der Waals surface area contributed by atoms with Crippen molar-refractivity contribution < 1.29 is 14.7 Å². The summed E-state index contributed by atoms with van der Waals surface area (Å²) in [4.78, 5) is 12.0. The Labute approximate surface area is 140 Å². The fourth-order valence-electron chi connectivity index (χ4n) is 4.81. The molecule has 0 N–H and O–H groups in total. The molecule has 0 aromatic rings. The quantitative estimate of drug-likeness (QED) is 0.398. The van der Waals surface area contributed by atoms with Gasteiger partial charge in [0.25, 0.3) is 0 Å². The van der Waals surface area contributed by atoms with Crippen LogP contribution < -0.4 is 0 Å². The van der Waals surface area contributed by atoms with Crippen LogP contribution in [-0.4, -0.2) is 32.1 Å². The van der Waals surface area contributed by atoms with Gasteiger partial charge in [-0.25, -0.2) is 0 Å². The molecule has 1 heterocycles. The Bertz CT molecular complexity index is 374. The lowest BCUT2D eigenvalue weighted by molar-refractivity contribution is -0.314. The van der Waals surface area contributed by atoms with Crippen molar-refractivity contribution in [3.05, 3.63) is 0 Å². The minimum Gasteiger partial charge on any atom is -0.461 e. The molecule has 1 radical (unpaired) electrons. The van der Waals surface area contributed by atoms with E-state index in [1.54, 1.807) is 0 Å². The van der Waals surface area contributed by atoms with Crippen molar-refractivity contribution in [3.8, 4) is 0 Å². The maximum Gasteiger partial charge on any atom is 0.318 e. The second-order valence-electron chi connectivity index (χ2n) is 7.24. The van der Waals surface area contributed by atoms with Gasteiger partial charge in [0.1, 0.15) is 10.0 Å². The molecular weight excluding hydrogens is 381 g/mol. The molecule has 3 rings (SSSR count). The van der Waals surface area contributed by atoms with Gasteiger partial charge in [-0.1, -0.05) is 48.3 Å². The number of hydrogen-bond acceptors (Lipinski definition) is 3. The maximum absolute atomic E-state index is 13.1. The third-order valence-electron chi connectivity index (χ3n) is 5.75. The van der Waals surface area contributed by atoms with Crippen molar-refractivity contribution in [2.45, 2.75) is 92.2 Å². The average Bonchev–Trinajstić information content (AvgIpc) is 3.07. The first-order valence-electron chi connectivity index (χ1n) is 8.30. The van der Waals surface area contributed by atoms with Crippen molar-refractivity contribution in [3.63, 3.8) is 0 Å². The summed E-state index contributed by atoms with van der Waals surface area (Å²) in [7, 11) is 0. The number of hydrogen-bond donors (Lipinski definition) is 0.